The second kappa shape index (κ2) is 4.95. The Balaban J connectivity index is 1.62. The number of benzene rings is 1. The maximum Gasteiger partial charge on any atom is 0.231 e. The first-order valence-electron chi connectivity index (χ1n) is 8.32. The van der Waals surface area contributed by atoms with Crippen LogP contribution in [0.4, 0.5) is 0 Å². The van der Waals surface area contributed by atoms with Crippen molar-refractivity contribution in [3.63, 3.8) is 0 Å². The number of fused-ring (bicyclic) bond motifs is 8. The smallest absolute Gasteiger partial charge is 0.231 e. The van der Waals surface area contributed by atoms with Gasteiger partial charge in [0.2, 0.25) is 12.6 Å². The fourth-order valence-electron chi connectivity index (χ4n) is 4.70. The highest BCUT2D eigenvalue weighted by Gasteiger charge is 2.51. The molecule has 24 heavy (non-hydrogen) atoms. The molecule has 4 atom stereocenters. The third-order valence-corrected chi connectivity index (χ3v) is 5.95. The van der Waals surface area contributed by atoms with Gasteiger partial charge in [0.1, 0.15) is 6.10 Å². The lowest BCUT2D eigenvalue weighted by Gasteiger charge is -2.40. The van der Waals surface area contributed by atoms with E-state index in [2.05, 4.69) is 17.0 Å². The number of hydrogen-bond acceptors (Lipinski definition) is 6. The molecule has 128 valence electrons. The van der Waals surface area contributed by atoms with Crippen molar-refractivity contribution in [3.05, 3.63) is 34.9 Å². The molecule has 0 spiro atoms. The number of aliphatic hydroxyl groups is 1. The average Bonchev–Trinajstić information content (AvgIpc) is 3.16. The van der Waals surface area contributed by atoms with Crippen molar-refractivity contribution >= 4 is 0 Å². The summed E-state index contributed by atoms with van der Waals surface area (Å²) >= 11 is 0. The Morgan fingerprint density at radius 2 is 1.96 bits per heavy atom. The second-order valence-electron chi connectivity index (χ2n) is 6.93. The van der Waals surface area contributed by atoms with Gasteiger partial charge in [-0.15, -0.1) is 0 Å². The Hall–Kier alpha value is -1.60. The zero-order valence-corrected chi connectivity index (χ0v) is 13.8. The van der Waals surface area contributed by atoms with Crippen molar-refractivity contribution < 1.29 is 24.1 Å². The standard InChI is InChI=1S/C18H21NO5/c1-21-18(22-2)6-12-13-8-19(14(12)5-17(18)20)7-10-3-15-16(4-11(10)13)24-9-23-15/h3-4,6,13-14,17,20H,5,7-9H2,1-2H3/t13-,14-,17+/m0/s1. The Labute approximate surface area is 140 Å². The number of rotatable bonds is 2. The first-order chi connectivity index (χ1) is 11.6. The van der Waals surface area contributed by atoms with Crippen molar-refractivity contribution in [2.24, 2.45) is 0 Å². The lowest BCUT2D eigenvalue weighted by molar-refractivity contribution is -0.233. The first-order valence-corrected chi connectivity index (χ1v) is 8.32. The molecule has 4 aliphatic rings. The van der Waals surface area contributed by atoms with E-state index in [1.165, 1.54) is 16.7 Å². The maximum absolute atomic E-state index is 10.6. The number of nitrogens with zero attached hydrogens (tertiary/aromatic N) is 1. The molecule has 1 fully saturated rings. The summed E-state index contributed by atoms with van der Waals surface area (Å²) in [5.74, 6) is 0.884. The minimum atomic E-state index is -1.05. The van der Waals surface area contributed by atoms with Crippen molar-refractivity contribution in [2.75, 3.05) is 27.6 Å². The van der Waals surface area contributed by atoms with Gasteiger partial charge in [-0.3, -0.25) is 4.90 Å². The number of aliphatic hydroxyl groups excluding tert-OH is 1. The van der Waals surface area contributed by atoms with Crippen LogP contribution in [0.5, 0.6) is 11.5 Å². The number of ether oxygens (including phenoxy) is 4. The molecule has 0 saturated carbocycles. The minimum absolute atomic E-state index is 0.229. The summed E-state index contributed by atoms with van der Waals surface area (Å²) in [4.78, 5) is 2.43. The molecule has 1 aromatic rings. The molecule has 3 heterocycles. The second-order valence-corrected chi connectivity index (χ2v) is 6.93. The summed E-state index contributed by atoms with van der Waals surface area (Å²) < 4.78 is 22.2. The predicted octanol–water partition coefficient (Wildman–Crippen LogP) is 1.38. The van der Waals surface area contributed by atoms with Gasteiger partial charge in [-0.25, -0.2) is 0 Å². The highest BCUT2D eigenvalue weighted by Crippen LogP contribution is 2.51. The Morgan fingerprint density at radius 3 is 2.71 bits per heavy atom. The van der Waals surface area contributed by atoms with E-state index in [-0.39, 0.29) is 12.0 Å². The van der Waals surface area contributed by atoms with E-state index < -0.39 is 11.9 Å². The van der Waals surface area contributed by atoms with Gasteiger partial charge < -0.3 is 24.1 Å². The first kappa shape index (κ1) is 14.7. The quantitative estimate of drug-likeness (QED) is 0.653. The molecule has 1 aliphatic carbocycles. The van der Waals surface area contributed by atoms with Crippen molar-refractivity contribution in [1.82, 2.24) is 4.90 Å². The lowest BCUT2D eigenvalue weighted by Crippen LogP contribution is -2.51. The molecular weight excluding hydrogens is 310 g/mol. The van der Waals surface area contributed by atoms with Gasteiger partial charge in [-0.05, 0) is 41.3 Å². The summed E-state index contributed by atoms with van der Waals surface area (Å²) in [7, 11) is 3.16. The van der Waals surface area contributed by atoms with Crippen molar-refractivity contribution in [2.45, 2.75) is 36.8 Å². The van der Waals surface area contributed by atoms with Crippen molar-refractivity contribution in [3.8, 4) is 11.5 Å². The molecule has 1 N–H and O–H groups in total. The normalized spacial score (nSPS) is 34.5. The number of methoxy groups -OCH3 is 2. The van der Waals surface area contributed by atoms with Crippen LogP contribution in [0.1, 0.15) is 23.5 Å². The van der Waals surface area contributed by atoms with E-state index in [0.717, 1.165) is 24.6 Å². The molecule has 6 heteroatoms. The van der Waals surface area contributed by atoms with Gasteiger partial charge in [0, 0.05) is 39.3 Å². The molecule has 0 aromatic heterocycles. The zero-order valence-electron chi connectivity index (χ0n) is 13.8. The fraction of sp³-hybridized carbons (Fsp3) is 0.556. The van der Waals surface area contributed by atoms with Crippen LogP contribution >= 0.6 is 0 Å². The zero-order chi connectivity index (χ0) is 16.5. The molecule has 0 radical (unpaired) electrons. The van der Waals surface area contributed by atoms with Crippen LogP contribution in [-0.2, 0) is 16.0 Å². The molecule has 2 bridgehead atoms. The fourth-order valence-corrected chi connectivity index (χ4v) is 4.70. The topological polar surface area (TPSA) is 60.4 Å². The summed E-state index contributed by atoms with van der Waals surface area (Å²) in [6, 6.07) is 4.45. The summed E-state index contributed by atoms with van der Waals surface area (Å²) in [5.41, 5.74) is 3.85. The van der Waals surface area contributed by atoms with Crippen LogP contribution in [-0.4, -0.2) is 55.5 Å². The highest BCUT2D eigenvalue weighted by molar-refractivity contribution is 5.55. The average molecular weight is 331 g/mol. The van der Waals surface area contributed by atoms with Crippen LogP contribution in [0.25, 0.3) is 0 Å². The Bertz CT molecular complexity index is 726. The van der Waals surface area contributed by atoms with Crippen LogP contribution in [0.3, 0.4) is 0 Å². The van der Waals surface area contributed by atoms with E-state index in [9.17, 15) is 5.11 Å². The van der Waals surface area contributed by atoms with E-state index in [4.69, 9.17) is 18.9 Å². The van der Waals surface area contributed by atoms with Gasteiger partial charge in [-0.1, -0.05) is 0 Å². The Kier molecular flexibility index (Phi) is 3.04. The summed E-state index contributed by atoms with van der Waals surface area (Å²) in [5, 5.41) is 10.6. The van der Waals surface area contributed by atoms with E-state index >= 15 is 0 Å². The van der Waals surface area contributed by atoms with Crippen LogP contribution in [0, 0.1) is 0 Å². The highest BCUT2D eigenvalue weighted by atomic mass is 16.7. The van der Waals surface area contributed by atoms with Gasteiger partial charge in [0.25, 0.3) is 0 Å². The molecule has 0 amide bonds. The summed E-state index contributed by atoms with van der Waals surface area (Å²) in [6.45, 7) is 2.12. The van der Waals surface area contributed by atoms with Gasteiger partial charge in [0.05, 0.1) is 0 Å². The van der Waals surface area contributed by atoms with Gasteiger partial charge in [-0.2, -0.15) is 0 Å². The largest absolute Gasteiger partial charge is 0.454 e. The Morgan fingerprint density at radius 1 is 1.21 bits per heavy atom. The van der Waals surface area contributed by atoms with E-state index in [1.807, 2.05) is 6.08 Å². The molecule has 1 aromatic carbocycles. The monoisotopic (exact) mass is 331 g/mol. The molecule has 1 saturated heterocycles. The van der Waals surface area contributed by atoms with E-state index in [1.54, 1.807) is 14.2 Å². The maximum atomic E-state index is 10.6. The van der Waals surface area contributed by atoms with E-state index in [0.29, 0.717) is 13.2 Å². The van der Waals surface area contributed by atoms with Gasteiger partial charge in [0.15, 0.2) is 11.5 Å². The predicted molar refractivity (Wildman–Crippen MR) is 85.0 cm³/mol. The SMILES string of the molecule is COC1(OC)C=C2[C@H]3CN(Cc4cc5c(cc43)OCO5)[C@H]2C[C@H]1O. The summed E-state index contributed by atoms with van der Waals surface area (Å²) in [6.07, 6.45) is 1.93. The van der Waals surface area contributed by atoms with Gasteiger partial charge >= 0.3 is 0 Å². The number of hydrogen-bond donors (Lipinski definition) is 1. The van der Waals surface area contributed by atoms with Crippen LogP contribution in [0.15, 0.2) is 23.8 Å². The lowest BCUT2D eigenvalue weighted by atomic mass is 9.81. The van der Waals surface area contributed by atoms with Crippen LogP contribution in [0.2, 0.25) is 0 Å². The third kappa shape index (κ3) is 1.80. The van der Waals surface area contributed by atoms with Crippen LogP contribution < -0.4 is 9.47 Å². The molecule has 1 unspecified atom stereocenters. The third-order valence-electron chi connectivity index (χ3n) is 5.95. The molecule has 3 aliphatic heterocycles. The molecule has 5 rings (SSSR count). The van der Waals surface area contributed by atoms with Crippen molar-refractivity contribution in [1.29, 1.82) is 0 Å². The molecule has 6 nitrogen and oxygen atoms in total. The minimum Gasteiger partial charge on any atom is -0.454 e. The molecular formula is C18H21NO5.